The average Bonchev–Trinajstić information content (AvgIpc) is 2.48. The highest BCUT2D eigenvalue weighted by Crippen LogP contribution is 2.28. The van der Waals surface area contributed by atoms with Crippen LogP contribution in [0.3, 0.4) is 0 Å². The van der Waals surface area contributed by atoms with Gasteiger partial charge in [0.25, 0.3) is 0 Å². The summed E-state index contributed by atoms with van der Waals surface area (Å²) in [5.41, 5.74) is 1.40. The fourth-order valence-electron chi connectivity index (χ4n) is 3.32. The molecular formula is C18H28ClN. The van der Waals surface area contributed by atoms with E-state index in [9.17, 15) is 0 Å². The molecule has 1 fully saturated rings. The summed E-state index contributed by atoms with van der Waals surface area (Å²) in [5.74, 6) is 0.936. The minimum absolute atomic E-state index is 0.624. The highest BCUT2D eigenvalue weighted by atomic mass is 35.5. The van der Waals surface area contributed by atoms with Crippen LogP contribution in [0.15, 0.2) is 24.3 Å². The van der Waals surface area contributed by atoms with Gasteiger partial charge in [0.1, 0.15) is 0 Å². The predicted molar refractivity (Wildman–Crippen MR) is 88.4 cm³/mol. The first-order valence-electron chi connectivity index (χ1n) is 8.25. The Kier molecular flexibility index (Phi) is 6.89. The molecule has 0 amide bonds. The molecule has 1 aromatic carbocycles. The van der Waals surface area contributed by atoms with Crippen molar-refractivity contribution in [2.75, 3.05) is 6.54 Å². The fourth-order valence-corrected chi connectivity index (χ4v) is 3.44. The van der Waals surface area contributed by atoms with Crippen LogP contribution in [0.5, 0.6) is 0 Å². The zero-order valence-corrected chi connectivity index (χ0v) is 13.5. The zero-order valence-electron chi connectivity index (χ0n) is 12.7. The first kappa shape index (κ1) is 15.9. The third-order valence-electron chi connectivity index (χ3n) is 4.42. The van der Waals surface area contributed by atoms with E-state index in [0.717, 1.165) is 23.9 Å². The van der Waals surface area contributed by atoms with Gasteiger partial charge in [0.2, 0.25) is 0 Å². The lowest BCUT2D eigenvalue weighted by molar-refractivity contribution is 0.296. The number of benzene rings is 1. The Morgan fingerprint density at radius 3 is 2.50 bits per heavy atom. The summed E-state index contributed by atoms with van der Waals surface area (Å²) < 4.78 is 0. The van der Waals surface area contributed by atoms with Crippen LogP contribution >= 0.6 is 11.6 Å². The molecule has 20 heavy (non-hydrogen) atoms. The highest BCUT2D eigenvalue weighted by Gasteiger charge is 2.18. The van der Waals surface area contributed by atoms with Crippen LogP contribution < -0.4 is 5.32 Å². The first-order chi connectivity index (χ1) is 9.78. The lowest BCUT2D eigenvalue weighted by Gasteiger charge is -2.27. The third kappa shape index (κ3) is 5.46. The molecule has 1 aromatic rings. The molecule has 1 saturated carbocycles. The Hall–Kier alpha value is -0.530. The van der Waals surface area contributed by atoms with Gasteiger partial charge in [0, 0.05) is 11.1 Å². The molecule has 1 nitrogen and oxygen atoms in total. The maximum absolute atomic E-state index is 5.97. The van der Waals surface area contributed by atoms with Crippen LogP contribution in [0.2, 0.25) is 5.02 Å². The number of rotatable bonds is 7. The van der Waals surface area contributed by atoms with Crippen LogP contribution in [0.4, 0.5) is 0 Å². The van der Waals surface area contributed by atoms with E-state index in [1.54, 1.807) is 0 Å². The van der Waals surface area contributed by atoms with E-state index in [2.05, 4.69) is 24.4 Å². The Labute approximate surface area is 129 Å². The molecule has 112 valence electrons. The van der Waals surface area contributed by atoms with Gasteiger partial charge in [-0.1, -0.05) is 62.8 Å². The topological polar surface area (TPSA) is 12.0 Å². The SMILES string of the molecule is CCCNC(Cc1ccc(Cl)cc1)CC1CCCCC1. The Morgan fingerprint density at radius 1 is 1.15 bits per heavy atom. The molecule has 0 aromatic heterocycles. The van der Waals surface area contributed by atoms with E-state index in [4.69, 9.17) is 11.6 Å². The lowest BCUT2D eigenvalue weighted by atomic mass is 9.83. The van der Waals surface area contributed by atoms with Crippen LogP contribution in [0.1, 0.15) is 57.4 Å². The average molecular weight is 294 g/mol. The molecular weight excluding hydrogens is 266 g/mol. The summed E-state index contributed by atoms with van der Waals surface area (Å²) in [6.07, 6.45) is 10.9. The van der Waals surface area contributed by atoms with Gasteiger partial charge < -0.3 is 5.32 Å². The van der Waals surface area contributed by atoms with Crippen LogP contribution in [0, 0.1) is 5.92 Å². The van der Waals surface area contributed by atoms with Crippen molar-refractivity contribution >= 4 is 11.6 Å². The molecule has 1 unspecified atom stereocenters. The minimum atomic E-state index is 0.624. The van der Waals surface area contributed by atoms with Gasteiger partial charge in [-0.05, 0) is 49.4 Å². The smallest absolute Gasteiger partial charge is 0.0406 e. The second-order valence-corrected chi connectivity index (χ2v) is 6.66. The van der Waals surface area contributed by atoms with Crippen LogP contribution in [0.25, 0.3) is 0 Å². The Balaban J connectivity index is 1.89. The summed E-state index contributed by atoms with van der Waals surface area (Å²) >= 11 is 5.97. The largest absolute Gasteiger partial charge is 0.314 e. The van der Waals surface area contributed by atoms with E-state index in [1.165, 1.54) is 50.5 Å². The Bertz CT molecular complexity index is 368. The first-order valence-corrected chi connectivity index (χ1v) is 8.63. The summed E-state index contributed by atoms with van der Waals surface area (Å²) in [6, 6.07) is 8.98. The van der Waals surface area contributed by atoms with Gasteiger partial charge in [0.05, 0.1) is 0 Å². The fraction of sp³-hybridized carbons (Fsp3) is 0.667. The van der Waals surface area contributed by atoms with Crippen molar-refractivity contribution in [3.63, 3.8) is 0 Å². The number of halogens is 1. The van der Waals surface area contributed by atoms with Crippen LogP contribution in [-0.2, 0) is 6.42 Å². The monoisotopic (exact) mass is 293 g/mol. The highest BCUT2D eigenvalue weighted by molar-refractivity contribution is 6.30. The van der Waals surface area contributed by atoms with Crippen LogP contribution in [-0.4, -0.2) is 12.6 Å². The molecule has 2 heteroatoms. The maximum Gasteiger partial charge on any atom is 0.0406 e. The van der Waals surface area contributed by atoms with Gasteiger partial charge in [-0.15, -0.1) is 0 Å². The number of hydrogen-bond acceptors (Lipinski definition) is 1. The van der Waals surface area contributed by atoms with Gasteiger partial charge in [0.15, 0.2) is 0 Å². The van der Waals surface area contributed by atoms with E-state index in [0.29, 0.717) is 6.04 Å². The van der Waals surface area contributed by atoms with Gasteiger partial charge in [-0.25, -0.2) is 0 Å². The molecule has 0 aliphatic heterocycles. The van der Waals surface area contributed by atoms with Crippen molar-refractivity contribution in [1.82, 2.24) is 5.32 Å². The summed E-state index contributed by atoms with van der Waals surface area (Å²) in [7, 11) is 0. The summed E-state index contributed by atoms with van der Waals surface area (Å²) in [5, 5.41) is 4.58. The standard InChI is InChI=1S/C18H28ClN/c1-2-12-20-18(13-15-6-4-3-5-7-15)14-16-8-10-17(19)11-9-16/h8-11,15,18,20H,2-7,12-14H2,1H3. The van der Waals surface area contributed by atoms with Crippen molar-refractivity contribution in [2.45, 2.75) is 64.3 Å². The maximum atomic E-state index is 5.97. The van der Waals surface area contributed by atoms with Crippen molar-refractivity contribution in [3.05, 3.63) is 34.9 Å². The van der Waals surface area contributed by atoms with E-state index >= 15 is 0 Å². The van der Waals surface area contributed by atoms with Crippen molar-refractivity contribution in [3.8, 4) is 0 Å². The molecule has 1 atom stereocenters. The second-order valence-electron chi connectivity index (χ2n) is 6.22. The molecule has 2 rings (SSSR count). The lowest BCUT2D eigenvalue weighted by Crippen LogP contribution is -2.34. The van der Waals surface area contributed by atoms with Gasteiger partial charge >= 0.3 is 0 Å². The summed E-state index contributed by atoms with van der Waals surface area (Å²) in [4.78, 5) is 0. The molecule has 0 radical (unpaired) electrons. The van der Waals surface area contributed by atoms with Gasteiger partial charge in [-0.2, -0.15) is 0 Å². The van der Waals surface area contributed by atoms with Crippen molar-refractivity contribution in [2.24, 2.45) is 5.92 Å². The zero-order chi connectivity index (χ0) is 14.2. The molecule has 1 aliphatic carbocycles. The Morgan fingerprint density at radius 2 is 1.85 bits per heavy atom. The van der Waals surface area contributed by atoms with Crippen molar-refractivity contribution < 1.29 is 0 Å². The molecule has 0 bridgehead atoms. The van der Waals surface area contributed by atoms with Crippen molar-refractivity contribution in [1.29, 1.82) is 0 Å². The number of hydrogen-bond donors (Lipinski definition) is 1. The normalized spacial score (nSPS) is 18.1. The molecule has 0 heterocycles. The molecule has 1 N–H and O–H groups in total. The van der Waals surface area contributed by atoms with E-state index in [1.807, 2.05) is 12.1 Å². The third-order valence-corrected chi connectivity index (χ3v) is 4.67. The van der Waals surface area contributed by atoms with E-state index in [-0.39, 0.29) is 0 Å². The number of nitrogens with one attached hydrogen (secondary N) is 1. The quantitative estimate of drug-likeness (QED) is 0.726. The molecule has 0 spiro atoms. The molecule has 1 aliphatic rings. The summed E-state index contributed by atoms with van der Waals surface area (Å²) in [6.45, 7) is 3.37. The molecule has 0 saturated heterocycles. The van der Waals surface area contributed by atoms with Gasteiger partial charge in [-0.3, -0.25) is 0 Å². The van der Waals surface area contributed by atoms with E-state index < -0.39 is 0 Å². The predicted octanol–water partition coefficient (Wildman–Crippen LogP) is 5.22. The minimum Gasteiger partial charge on any atom is -0.314 e. The second kappa shape index (κ2) is 8.69.